The second-order valence-electron chi connectivity index (χ2n) is 9.25. The fourth-order valence-electron chi connectivity index (χ4n) is 4.66. The van der Waals surface area contributed by atoms with E-state index in [4.69, 9.17) is 17.3 Å². The molecule has 0 spiro atoms. The molecule has 3 N–H and O–H groups in total. The van der Waals surface area contributed by atoms with E-state index in [2.05, 4.69) is 10.3 Å². The molecule has 0 saturated carbocycles. The number of hydrogen-bond donors (Lipinski definition) is 2. The van der Waals surface area contributed by atoms with Gasteiger partial charge in [0.25, 0.3) is 5.91 Å². The molecular formula is C28H30ClN5O3. The molecule has 1 aliphatic rings. The molecule has 37 heavy (non-hydrogen) atoms. The number of anilines is 2. The van der Waals surface area contributed by atoms with E-state index >= 15 is 0 Å². The number of likely N-dealkylation sites (N-methyl/N-ethyl adjacent to an activating group) is 1. The van der Waals surface area contributed by atoms with Gasteiger partial charge in [0, 0.05) is 24.0 Å². The van der Waals surface area contributed by atoms with Crippen LogP contribution >= 0.6 is 11.6 Å². The molecule has 0 radical (unpaired) electrons. The molecule has 9 heteroatoms. The first kappa shape index (κ1) is 26.2. The summed E-state index contributed by atoms with van der Waals surface area (Å²) in [6, 6.07) is 16.2. The number of urea groups is 1. The predicted molar refractivity (Wildman–Crippen MR) is 144 cm³/mol. The lowest BCUT2D eigenvalue weighted by Gasteiger charge is -2.46. The van der Waals surface area contributed by atoms with Gasteiger partial charge in [0.2, 0.25) is 5.91 Å². The second kappa shape index (κ2) is 11.0. The van der Waals surface area contributed by atoms with Crippen molar-refractivity contribution in [3.63, 3.8) is 0 Å². The third-order valence-corrected chi connectivity index (χ3v) is 6.90. The van der Waals surface area contributed by atoms with Crippen molar-refractivity contribution in [1.82, 2.24) is 15.2 Å². The number of benzene rings is 2. The summed E-state index contributed by atoms with van der Waals surface area (Å²) in [7, 11) is 1.65. The number of nitrogens with one attached hydrogen (secondary N) is 1. The molecule has 1 fully saturated rings. The summed E-state index contributed by atoms with van der Waals surface area (Å²) in [5.74, 6) is -1.14. The van der Waals surface area contributed by atoms with Gasteiger partial charge >= 0.3 is 6.03 Å². The number of nitrogens with two attached hydrogens (primary N) is 1. The normalized spacial score (nSPS) is 17.6. The van der Waals surface area contributed by atoms with Crippen molar-refractivity contribution >= 4 is 41.0 Å². The maximum Gasteiger partial charge on any atom is 0.325 e. The first-order valence-electron chi connectivity index (χ1n) is 12.1. The summed E-state index contributed by atoms with van der Waals surface area (Å²) in [5.41, 5.74) is 9.08. The van der Waals surface area contributed by atoms with Crippen molar-refractivity contribution in [2.45, 2.75) is 38.8 Å². The molecule has 0 aliphatic carbocycles. The predicted octanol–water partition coefficient (Wildman–Crippen LogP) is 4.52. The number of carbonyl (C=O) groups is 3. The highest BCUT2D eigenvalue weighted by Gasteiger charge is 2.55. The minimum Gasteiger partial charge on any atom is -0.384 e. The van der Waals surface area contributed by atoms with Crippen LogP contribution in [0, 0.1) is 12.8 Å². The number of nitrogen functional groups attached to an aromatic ring is 1. The topological polar surface area (TPSA) is 109 Å². The van der Waals surface area contributed by atoms with Crippen molar-refractivity contribution in [3.05, 3.63) is 88.6 Å². The molecule has 3 aromatic rings. The number of pyridine rings is 1. The number of carbonyl (C=O) groups excluding carboxylic acids is 3. The van der Waals surface area contributed by atoms with E-state index < -0.39 is 23.9 Å². The molecule has 192 valence electrons. The van der Waals surface area contributed by atoms with Crippen LogP contribution < -0.4 is 16.0 Å². The van der Waals surface area contributed by atoms with Gasteiger partial charge in [0.15, 0.2) is 0 Å². The van der Waals surface area contributed by atoms with Gasteiger partial charge in [-0.2, -0.15) is 0 Å². The number of halogens is 1. The number of β-lactam (4-membered cyclic amide) rings is 1. The zero-order valence-electron chi connectivity index (χ0n) is 21.0. The van der Waals surface area contributed by atoms with Crippen LogP contribution in [0.4, 0.5) is 16.3 Å². The molecule has 0 unspecified atom stereocenters. The van der Waals surface area contributed by atoms with Gasteiger partial charge in [-0.1, -0.05) is 42.8 Å². The van der Waals surface area contributed by atoms with Gasteiger partial charge in [0.1, 0.15) is 11.9 Å². The lowest BCUT2D eigenvalue weighted by atomic mass is 9.81. The highest BCUT2D eigenvalue weighted by atomic mass is 35.5. The summed E-state index contributed by atoms with van der Waals surface area (Å²) in [6.07, 6.45) is 2.40. The molecule has 4 amide bonds. The van der Waals surface area contributed by atoms with E-state index in [-0.39, 0.29) is 18.4 Å². The van der Waals surface area contributed by atoms with Gasteiger partial charge in [-0.05, 0) is 72.9 Å². The molecular weight excluding hydrogens is 490 g/mol. The first-order chi connectivity index (χ1) is 17.7. The van der Waals surface area contributed by atoms with Crippen molar-refractivity contribution in [2.75, 3.05) is 17.7 Å². The lowest BCUT2D eigenvalue weighted by Crippen LogP contribution is -2.70. The standard InChI is InChI=1S/C28H30ClN5O3/c1-4-23(19-8-6-9-20(29)16-19)32-28(37)34-25(27(36)33(3)21-10-5-7-17(2)13-21)22(26(34)35)14-18-11-12-31-24(30)15-18/h5-13,15-16,22-23,25H,4,14H2,1-3H3,(H2,30,31)(H,32,37)/t22-,23-,25+/m1/s1. The van der Waals surface area contributed by atoms with E-state index in [9.17, 15) is 14.4 Å². The van der Waals surface area contributed by atoms with Crippen LogP contribution in [-0.4, -0.2) is 40.8 Å². The van der Waals surface area contributed by atoms with Gasteiger partial charge in [-0.25, -0.2) is 9.78 Å². The van der Waals surface area contributed by atoms with Crippen LogP contribution in [0.5, 0.6) is 0 Å². The van der Waals surface area contributed by atoms with Crippen LogP contribution in [0.2, 0.25) is 5.02 Å². The average molecular weight is 520 g/mol. The maximum atomic E-state index is 13.7. The minimum atomic E-state index is -0.968. The molecule has 3 atom stereocenters. The zero-order chi connectivity index (χ0) is 26.7. The Morgan fingerprint density at radius 2 is 1.92 bits per heavy atom. The van der Waals surface area contributed by atoms with Gasteiger partial charge < -0.3 is 16.0 Å². The molecule has 1 saturated heterocycles. The second-order valence-corrected chi connectivity index (χ2v) is 9.69. The fraction of sp³-hybridized carbons (Fsp3) is 0.286. The Labute approximate surface area is 221 Å². The Morgan fingerprint density at radius 3 is 2.59 bits per heavy atom. The Bertz CT molecular complexity index is 1330. The Kier molecular flexibility index (Phi) is 7.78. The summed E-state index contributed by atoms with van der Waals surface area (Å²) >= 11 is 6.14. The zero-order valence-corrected chi connectivity index (χ0v) is 21.8. The quantitative estimate of drug-likeness (QED) is 0.446. The van der Waals surface area contributed by atoms with Gasteiger partial charge in [-0.15, -0.1) is 0 Å². The van der Waals surface area contributed by atoms with Crippen LogP contribution in [0.15, 0.2) is 66.9 Å². The lowest BCUT2D eigenvalue weighted by molar-refractivity contribution is -0.156. The summed E-state index contributed by atoms with van der Waals surface area (Å²) < 4.78 is 0. The van der Waals surface area contributed by atoms with Crippen molar-refractivity contribution < 1.29 is 14.4 Å². The Morgan fingerprint density at radius 1 is 1.16 bits per heavy atom. The number of hydrogen-bond acceptors (Lipinski definition) is 5. The maximum absolute atomic E-state index is 13.7. The number of nitrogens with zero attached hydrogens (tertiary/aromatic N) is 3. The average Bonchev–Trinajstić information content (AvgIpc) is 2.87. The first-order valence-corrected chi connectivity index (χ1v) is 12.5. The fourth-order valence-corrected chi connectivity index (χ4v) is 4.86. The third-order valence-electron chi connectivity index (χ3n) is 6.66. The molecule has 8 nitrogen and oxygen atoms in total. The monoisotopic (exact) mass is 519 g/mol. The van der Waals surface area contributed by atoms with Crippen LogP contribution in [0.25, 0.3) is 0 Å². The Balaban J connectivity index is 1.61. The minimum absolute atomic E-state index is 0.263. The smallest absolute Gasteiger partial charge is 0.325 e. The van der Waals surface area contributed by atoms with Crippen LogP contribution in [-0.2, 0) is 16.0 Å². The van der Waals surface area contributed by atoms with Crippen LogP contribution in [0.1, 0.15) is 36.1 Å². The molecule has 2 aromatic carbocycles. The van der Waals surface area contributed by atoms with Crippen molar-refractivity contribution in [3.8, 4) is 0 Å². The number of aromatic nitrogens is 1. The molecule has 0 bridgehead atoms. The van der Waals surface area contributed by atoms with E-state index in [1.807, 2.05) is 44.2 Å². The number of amides is 4. The van der Waals surface area contributed by atoms with E-state index in [1.54, 1.807) is 43.6 Å². The molecule has 4 rings (SSSR count). The van der Waals surface area contributed by atoms with E-state index in [0.29, 0.717) is 22.9 Å². The SMILES string of the molecule is CC[C@@H](NC(=O)N1C(=O)[C@H](Cc2ccnc(N)c2)[C@H]1C(=O)N(C)c1cccc(C)c1)c1cccc(Cl)c1. The molecule has 1 aromatic heterocycles. The highest BCUT2D eigenvalue weighted by molar-refractivity contribution is 6.30. The number of aryl methyl sites for hydroxylation is 1. The van der Waals surface area contributed by atoms with Gasteiger partial charge in [-0.3, -0.25) is 14.5 Å². The molecule has 2 heterocycles. The van der Waals surface area contributed by atoms with E-state index in [1.165, 1.54) is 4.90 Å². The third kappa shape index (κ3) is 5.59. The number of likely N-dealkylation sites (tertiary alicyclic amines) is 1. The van der Waals surface area contributed by atoms with Crippen molar-refractivity contribution in [1.29, 1.82) is 0 Å². The molecule has 1 aliphatic heterocycles. The summed E-state index contributed by atoms with van der Waals surface area (Å²) in [4.78, 5) is 47.0. The summed E-state index contributed by atoms with van der Waals surface area (Å²) in [5, 5.41) is 3.47. The Hall–Kier alpha value is -3.91. The highest BCUT2D eigenvalue weighted by Crippen LogP contribution is 2.33. The largest absolute Gasteiger partial charge is 0.384 e. The van der Waals surface area contributed by atoms with E-state index in [0.717, 1.165) is 21.6 Å². The number of imide groups is 1. The summed E-state index contributed by atoms with van der Waals surface area (Å²) in [6.45, 7) is 3.86. The van der Waals surface area contributed by atoms with Crippen molar-refractivity contribution in [2.24, 2.45) is 5.92 Å². The van der Waals surface area contributed by atoms with Crippen LogP contribution in [0.3, 0.4) is 0 Å². The van der Waals surface area contributed by atoms with Gasteiger partial charge in [0.05, 0.1) is 12.0 Å². The number of rotatable bonds is 7.